The van der Waals surface area contributed by atoms with Gasteiger partial charge in [0.2, 0.25) is 0 Å². The molecule has 3 rings (SSSR count). The summed E-state index contributed by atoms with van der Waals surface area (Å²) in [6, 6.07) is 7.05. The molecule has 0 spiro atoms. The van der Waals surface area contributed by atoms with Gasteiger partial charge in [-0.15, -0.1) is 5.10 Å². The lowest BCUT2D eigenvalue weighted by Crippen LogP contribution is -2.53. The van der Waals surface area contributed by atoms with Crippen LogP contribution in [0.25, 0.3) is 5.69 Å². The highest BCUT2D eigenvalue weighted by Crippen LogP contribution is 2.15. The van der Waals surface area contributed by atoms with Gasteiger partial charge in [-0.2, -0.15) is 9.90 Å². The van der Waals surface area contributed by atoms with Gasteiger partial charge in [-0.05, 0) is 18.2 Å². The van der Waals surface area contributed by atoms with Crippen molar-refractivity contribution in [2.24, 2.45) is 0 Å². The molecule has 1 aliphatic heterocycles. The maximum Gasteiger partial charge on any atom is 0.276 e. The highest BCUT2D eigenvalue weighted by Gasteiger charge is 2.30. The van der Waals surface area contributed by atoms with Crippen LogP contribution in [-0.2, 0) is 0 Å². The van der Waals surface area contributed by atoms with Crippen LogP contribution in [0, 0.1) is 0 Å². The minimum atomic E-state index is -0.424. The van der Waals surface area contributed by atoms with E-state index in [0.29, 0.717) is 23.8 Å². The summed E-state index contributed by atoms with van der Waals surface area (Å²) in [4.78, 5) is 14.8. The Hall–Kier alpha value is -1.92. The Morgan fingerprint density at radius 1 is 1.42 bits per heavy atom. The second kappa shape index (κ2) is 4.64. The van der Waals surface area contributed by atoms with E-state index in [9.17, 15) is 9.90 Å². The first-order valence-electron chi connectivity index (χ1n) is 5.79. The van der Waals surface area contributed by atoms with E-state index in [1.165, 1.54) is 15.9 Å². The number of aromatic nitrogens is 3. The zero-order chi connectivity index (χ0) is 13.4. The lowest BCUT2D eigenvalue weighted by atomic mass is 10.1. The summed E-state index contributed by atoms with van der Waals surface area (Å²) in [6.45, 7) is 0.700. The molecule has 7 heteroatoms. The molecule has 19 heavy (non-hydrogen) atoms. The molecule has 1 amide bonds. The van der Waals surface area contributed by atoms with E-state index in [1.807, 2.05) is 0 Å². The zero-order valence-corrected chi connectivity index (χ0v) is 10.7. The summed E-state index contributed by atoms with van der Waals surface area (Å²) in [7, 11) is 0. The number of aliphatic hydroxyl groups is 1. The van der Waals surface area contributed by atoms with E-state index < -0.39 is 6.10 Å². The van der Waals surface area contributed by atoms with Gasteiger partial charge in [0.1, 0.15) is 0 Å². The van der Waals surface area contributed by atoms with Crippen LogP contribution < -0.4 is 0 Å². The molecule has 98 valence electrons. The largest absolute Gasteiger partial charge is 0.389 e. The second-order valence-electron chi connectivity index (χ2n) is 4.36. The number of carbonyl (C=O) groups excluding carboxylic acids is 1. The number of benzene rings is 1. The summed E-state index contributed by atoms with van der Waals surface area (Å²) in [6.07, 6.45) is 0.987. The van der Waals surface area contributed by atoms with Crippen LogP contribution in [0.2, 0.25) is 5.02 Å². The molecule has 1 aromatic carbocycles. The first-order valence-corrected chi connectivity index (χ1v) is 6.17. The Kier molecular flexibility index (Phi) is 2.96. The number of likely N-dealkylation sites (tertiary alicyclic amines) is 1. The molecule has 0 unspecified atom stereocenters. The lowest BCUT2D eigenvalue weighted by Gasteiger charge is -2.35. The molecule has 0 saturated carbocycles. The molecule has 2 aromatic rings. The number of nitrogens with zero attached hydrogens (tertiary/aromatic N) is 4. The van der Waals surface area contributed by atoms with E-state index in [4.69, 9.17) is 11.6 Å². The number of rotatable bonds is 2. The van der Waals surface area contributed by atoms with Crippen molar-refractivity contribution >= 4 is 17.5 Å². The normalized spacial score (nSPS) is 15.4. The molecule has 2 heterocycles. The number of halogens is 1. The average molecular weight is 279 g/mol. The van der Waals surface area contributed by atoms with E-state index >= 15 is 0 Å². The standard InChI is InChI=1S/C12H11ClN4O2/c13-8-2-1-3-9(4-8)17-14-5-11(15-17)12(19)16-6-10(18)7-16/h1-5,10,18H,6-7H2. The van der Waals surface area contributed by atoms with Crippen molar-refractivity contribution in [2.75, 3.05) is 13.1 Å². The van der Waals surface area contributed by atoms with Gasteiger partial charge in [-0.1, -0.05) is 17.7 Å². The van der Waals surface area contributed by atoms with Gasteiger partial charge in [0.25, 0.3) is 5.91 Å². The van der Waals surface area contributed by atoms with Gasteiger partial charge in [-0.25, -0.2) is 0 Å². The van der Waals surface area contributed by atoms with Crippen LogP contribution in [0.15, 0.2) is 30.5 Å². The number of hydrogen-bond acceptors (Lipinski definition) is 4. The molecule has 0 aliphatic carbocycles. The summed E-state index contributed by atoms with van der Waals surface area (Å²) < 4.78 is 0. The van der Waals surface area contributed by atoms with Gasteiger partial charge in [0, 0.05) is 18.1 Å². The third-order valence-corrected chi connectivity index (χ3v) is 3.13. The fourth-order valence-corrected chi connectivity index (χ4v) is 2.05. The Morgan fingerprint density at radius 3 is 2.89 bits per heavy atom. The number of amides is 1. The Labute approximate surface area is 114 Å². The fraction of sp³-hybridized carbons (Fsp3) is 0.250. The first kappa shape index (κ1) is 12.1. The number of β-amino-alcohol motifs (C(OH)–C–C–N with tert-alkyl or cyclic N) is 1. The molecule has 6 nitrogen and oxygen atoms in total. The van der Waals surface area contributed by atoms with Gasteiger partial charge >= 0.3 is 0 Å². The van der Waals surface area contributed by atoms with Crippen molar-refractivity contribution in [2.45, 2.75) is 6.10 Å². The first-order chi connectivity index (χ1) is 9.13. The molecule has 1 aliphatic rings. The maximum atomic E-state index is 12.0. The summed E-state index contributed by atoms with van der Waals surface area (Å²) in [5.74, 6) is -0.224. The number of carbonyl (C=O) groups is 1. The van der Waals surface area contributed by atoms with Crippen LogP contribution in [0.3, 0.4) is 0 Å². The van der Waals surface area contributed by atoms with Crippen LogP contribution in [0.1, 0.15) is 10.5 Å². The van der Waals surface area contributed by atoms with Gasteiger partial charge < -0.3 is 10.0 Å². The zero-order valence-electron chi connectivity index (χ0n) is 9.90. The summed E-state index contributed by atoms with van der Waals surface area (Å²) >= 11 is 5.89. The lowest BCUT2D eigenvalue weighted by molar-refractivity contribution is 0.00547. The predicted octanol–water partition coefficient (Wildman–Crippen LogP) is 0.737. The maximum absolute atomic E-state index is 12.0. The second-order valence-corrected chi connectivity index (χ2v) is 4.80. The van der Waals surface area contributed by atoms with Gasteiger partial charge in [-0.3, -0.25) is 4.79 Å². The van der Waals surface area contributed by atoms with Crippen LogP contribution >= 0.6 is 11.6 Å². The minimum absolute atomic E-state index is 0.224. The van der Waals surface area contributed by atoms with Crippen LogP contribution in [0.4, 0.5) is 0 Å². The van der Waals surface area contributed by atoms with Gasteiger partial charge in [0.15, 0.2) is 5.69 Å². The molecule has 1 aromatic heterocycles. The van der Waals surface area contributed by atoms with Crippen molar-refractivity contribution < 1.29 is 9.90 Å². The van der Waals surface area contributed by atoms with E-state index in [-0.39, 0.29) is 11.6 Å². The predicted molar refractivity (Wildman–Crippen MR) is 68.3 cm³/mol. The van der Waals surface area contributed by atoms with Crippen LogP contribution in [-0.4, -0.2) is 50.1 Å². The highest BCUT2D eigenvalue weighted by molar-refractivity contribution is 6.30. The van der Waals surface area contributed by atoms with E-state index in [2.05, 4.69) is 10.2 Å². The van der Waals surface area contributed by atoms with Crippen molar-refractivity contribution in [1.82, 2.24) is 19.9 Å². The summed E-state index contributed by atoms with van der Waals surface area (Å²) in [5.41, 5.74) is 0.946. The van der Waals surface area contributed by atoms with Crippen molar-refractivity contribution in [3.63, 3.8) is 0 Å². The van der Waals surface area contributed by atoms with Crippen molar-refractivity contribution in [3.8, 4) is 5.69 Å². The number of aliphatic hydroxyl groups excluding tert-OH is 1. The third kappa shape index (κ3) is 2.32. The molecule has 1 fully saturated rings. The topological polar surface area (TPSA) is 71.2 Å². The van der Waals surface area contributed by atoms with Crippen molar-refractivity contribution in [3.05, 3.63) is 41.2 Å². The minimum Gasteiger partial charge on any atom is -0.389 e. The molecule has 1 N–H and O–H groups in total. The Morgan fingerprint density at radius 2 is 2.21 bits per heavy atom. The monoisotopic (exact) mass is 278 g/mol. The van der Waals surface area contributed by atoms with Crippen LogP contribution in [0.5, 0.6) is 0 Å². The average Bonchev–Trinajstić information content (AvgIpc) is 2.84. The summed E-state index contributed by atoms with van der Waals surface area (Å²) in [5, 5.41) is 17.9. The fourth-order valence-electron chi connectivity index (χ4n) is 1.87. The molecular formula is C12H11ClN4O2. The third-order valence-electron chi connectivity index (χ3n) is 2.90. The molecule has 0 bridgehead atoms. The smallest absolute Gasteiger partial charge is 0.276 e. The Bertz CT molecular complexity index is 622. The van der Waals surface area contributed by atoms with Crippen molar-refractivity contribution in [1.29, 1.82) is 0 Å². The van der Waals surface area contributed by atoms with Gasteiger partial charge in [0.05, 0.1) is 18.0 Å². The molecule has 0 atom stereocenters. The number of hydrogen-bond donors (Lipinski definition) is 1. The molecule has 1 saturated heterocycles. The Balaban J connectivity index is 1.81. The van der Waals surface area contributed by atoms with E-state index in [0.717, 1.165) is 0 Å². The van der Waals surface area contributed by atoms with E-state index in [1.54, 1.807) is 24.3 Å². The SMILES string of the molecule is O=C(c1cnn(-c2cccc(Cl)c2)n1)N1CC(O)C1. The molecule has 0 radical (unpaired) electrons. The highest BCUT2D eigenvalue weighted by atomic mass is 35.5. The quantitative estimate of drug-likeness (QED) is 0.879. The molecular weight excluding hydrogens is 268 g/mol.